The maximum atomic E-state index is 13.5. The van der Waals surface area contributed by atoms with Gasteiger partial charge >= 0.3 is 6.09 Å². The third-order valence-corrected chi connectivity index (χ3v) is 6.71. The van der Waals surface area contributed by atoms with E-state index in [0.717, 1.165) is 9.69 Å². The molecule has 0 N–H and O–H groups in total. The number of rotatable bonds is 5. The Bertz CT molecular complexity index is 1340. The average Bonchev–Trinajstić information content (AvgIpc) is 2.73. The summed E-state index contributed by atoms with van der Waals surface area (Å²) in [5.41, 5.74) is -0.830. The first-order valence-corrected chi connectivity index (χ1v) is 12.3. The quantitative estimate of drug-likeness (QED) is 0.414. The van der Waals surface area contributed by atoms with Gasteiger partial charge in [-0.05, 0) is 67.0 Å². The molecule has 8 nitrogen and oxygen atoms in total. The molecule has 0 aliphatic rings. The fourth-order valence-corrected chi connectivity index (χ4v) is 4.50. The Kier molecular flexibility index (Phi) is 7.40. The van der Waals surface area contributed by atoms with Crippen LogP contribution in [0, 0.1) is 0 Å². The number of hydrogen-bond acceptors (Lipinski definition) is 6. The molecule has 1 atom stereocenters. The molecule has 3 aromatic rings. The number of benzene rings is 2. The molecule has 0 aliphatic heterocycles. The summed E-state index contributed by atoms with van der Waals surface area (Å²) < 4.78 is 19.7. The van der Waals surface area contributed by atoms with Crippen LogP contribution in [0.1, 0.15) is 38.1 Å². The molecule has 0 saturated heterocycles. The highest BCUT2D eigenvalue weighted by molar-refractivity contribution is 9.10. The number of hydrogen-bond donors (Lipinski definition) is 0. The molecule has 174 valence electrons. The normalized spacial score (nSPS) is 12.4. The minimum absolute atomic E-state index is 0.108. The van der Waals surface area contributed by atoms with Gasteiger partial charge in [-0.25, -0.2) is 9.78 Å². The molecule has 0 spiro atoms. The summed E-state index contributed by atoms with van der Waals surface area (Å²) in [4.78, 5) is 42.7. The molecule has 0 aliphatic carbocycles. The third kappa shape index (κ3) is 5.34. The monoisotopic (exact) mass is 553 g/mol. The average molecular weight is 555 g/mol. The second kappa shape index (κ2) is 9.74. The van der Waals surface area contributed by atoms with E-state index in [4.69, 9.17) is 16.3 Å². The minimum Gasteiger partial charge on any atom is -0.442 e. The van der Waals surface area contributed by atoms with Crippen molar-refractivity contribution in [2.45, 2.75) is 38.2 Å². The number of fused-ring (bicyclic) bond motifs is 1. The van der Waals surface area contributed by atoms with Crippen molar-refractivity contribution in [2.24, 2.45) is 0 Å². The smallest absolute Gasteiger partial charge is 0.434 e. The van der Waals surface area contributed by atoms with Crippen molar-refractivity contribution in [3.63, 3.8) is 0 Å². The lowest BCUT2D eigenvalue weighted by molar-refractivity contribution is 0.0561. The molecule has 3 rings (SSSR count). The highest BCUT2D eigenvalue weighted by atomic mass is 79.9. The topological polar surface area (TPSA) is 98.6 Å². The van der Waals surface area contributed by atoms with Crippen molar-refractivity contribution in [1.29, 1.82) is 0 Å². The molecule has 1 amide bonds. The molecular formula is C22H21BrClN3O5S. The molecule has 0 fully saturated rings. The van der Waals surface area contributed by atoms with Crippen molar-refractivity contribution in [1.82, 2.24) is 9.66 Å². The molecule has 2 aromatic carbocycles. The van der Waals surface area contributed by atoms with Crippen LogP contribution < -0.4 is 10.6 Å². The van der Waals surface area contributed by atoms with E-state index in [1.54, 1.807) is 39.8 Å². The van der Waals surface area contributed by atoms with Gasteiger partial charge in [-0.1, -0.05) is 18.5 Å². The molecule has 0 radical (unpaired) electrons. The van der Waals surface area contributed by atoms with E-state index in [0.29, 0.717) is 21.2 Å². The predicted octanol–water partition coefficient (Wildman–Crippen LogP) is 4.96. The van der Waals surface area contributed by atoms with Gasteiger partial charge in [0.1, 0.15) is 11.9 Å². The van der Waals surface area contributed by atoms with Crippen molar-refractivity contribution >= 4 is 67.3 Å². The van der Waals surface area contributed by atoms with E-state index in [1.165, 1.54) is 24.5 Å². The van der Waals surface area contributed by atoms with Crippen LogP contribution >= 0.6 is 27.5 Å². The molecule has 33 heavy (non-hydrogen) atoms. The van der Waals surface area contributed by atoms with Crippen LogP contribution in [-0.2, 0) is 15.5 Å². The second-order valence-corrected chi connectivity index (χ2v) is 10.9. The maximum Gasteiger partial charge on any atom is 0.434 e. The van der Waals surface area contributed by atoms with Crippen molar-refractivity contribution < 1.29 is 18.5 Å². The van der Waals surface area contributed by atoms with Crippen LogP contribution in [0.15, 0.2) is 50.8 Å². The van der Waals surface area contributed by atoms with Gasteiger partial charge in [0.2, 0.25) is 0 Å². The maximum absolute atomic E-state index is 13.5. The summed E-state index contributed by atoms with van der Waals surface area (Å²) >= 11 is 9.47. The number of halogens is 2. The first-order chi connectivity index (χ1) is 15.5. The predicted molar refractivity (Wildman–Crippen MR) is 132 cm³/mol. The molecule has 1 heterocycles. The fraction of sp³-hybridized carbons (Fsp3) is 0.273. The van der Waals surface area contributed by atoms with Crippen LogP contribution in [0.3, 0.4) is 0 Å². The van der Waals surface area contributed by atoms with Crippen molar-refractivity contribution in [2.75, 3.05) is 10.8 Å². The number of aromatic nitrogens is 2. The summed E-state index contributed by atoms with van der Waals surface area (Å²) in [6.45, 7) is 6.78. The number of carbonyl (C=O) groups is 2. The summed E-state index contributed by atoms with van der Waals surface area (Å²) in [5.74, 6) is 0.276. The Balaban J connectivity index is 2.35. The standard InChI is InChI=1S/C22H21BrClN3O5S/c1-5-33(31)19-7-6-14(24)9-18(19)27(21(30)32-22(2,3)4)26-12-25-17-10-16(23)13(11-28)8-15(17)20(26)29/h6-12H,5H2,1-4H3. The number of carbonyl (C=O) groups excluding carboxylic acids is 2. The van der Waals surface area contributed by atoms with E-state index in [2.05, 4.69) is 20.9 Å². The molecule has 0 bridgehead atoms. The number of aldehydes is 1. The van der Waals surface area contributed by atoms with E-state index >= 15 is 0 Å². The Hall–Kier alpha value is -2.56. The summed E-state index contributed by atoms with van der Waals surface area (Å²) in [5, 5.41) is 1.33. The van der Waals surface area contributed by atoms with Crippen molar-refractivity contribution in [3.05, 3.63) is 62.1 Å². The zero-order valence-corrected chi connectivity index (χ0v) is 21.5. The number of anilines is 1. The fourth-order valence-electron chi connectivity index (χ4n) is 2.99. The first-order valence-electron chi connectivity index (χ1n) is 9.84. The lowest BCUT2D eigenvalue weighted by atomic mass is 10.1. The molecule has 1 unspecified atom stereocenters. The largest absolute Gasteiger partial charge is 0.442 e. The zero-order valence-electron chi connectivity index (χ0n) is 18.3. The molecule has 11 heteroatoms. The van der Waals surface area contributed by atoms with E-state index < -0.39 is 28.1 Å². The van der Waals surface area contributed by atoms with Gasteiger partial charge in [0.05, 0.1) is 32.3 Å². The van der Waals surface area contributed by atoms with Gasteiger partial charge in [0, 0.05) is 20.8 Å². The zero-order chi connectivity index (χ0) is 24.5. The Morgan fingerprint density at radius 1 is 1.30 bits per heavy atom. The Labute approximate surface area is 206 Å². The highest BCUT2D eigenvalue weighted by Crippen LogP contribution is 2.30. The number of nitrogens with zero attached hydrogens (tertiary/aromatic N) is 3. The lowest BCUT2D eigenvalue weighted by Crippen LogP contribution is -2.46. The van der Waals surface area contributed by atoms with Crippen LogP contribution in [0.4, 0.5) is 10.5 Å². The Morgan fingerprint density at radius 3 is 2.61 bits per heavy atom. The first kappa shape index (κ1) is 25.1. The number of amides is 1. The Morgan fingerprint density at radius 2 is 2.00 bits per heavy atom. The molecular weight excluding hydrogens is 534 g/mol. The van der Waals surface area contributed by atoms with E-state index in [1.807, 2.05) is 0 Å². The van der Waals surface area contributed by atoms with Crippen LogP contribution in [0.25, 0.3) is 10.9 Å². The van der Waals surface area contributed by atoms with Gasteiger partial charge in [-0.2, -0.15) is 9.69 Å². The molecule has 0 saturated carbocycles. The van der Waals surface area contributed by atoms with Crippen LogP contribution in [0.5, 0.6) is 0 Å². The highest BCUT2D eigenvalue weighted by Gasteiger charge is 2.29. The lowest BCUT2D eigenvalue weighted by Gasteiger charge is -2.29. The summed E-state index contributed by atoms with van der Waals surface area (Å²) in [6, 6.07) is 7.45. The SMILES string of the molecule is CCS(=O)c1ccc(Cl)cc1N(C(=O)OC(C)(C)C)n1cnc2cc(Br)c(C=O)cc2c1=O. The van der Waals surface area contributed by atoms with Crippen molar-refractivity contribution in [3.8, 4) is 0 Å². The summed E-state index contributed by atoms with van der Waals surface area (Å²) in [7, 11) is -1.48. The minimum atomic E-state index is -1.48. The van der Waals surface area contributed by atoms with Crippen LogP contribution in [-0.4, -0.2) is 37.6 Å². The van der Waals surface area contributed by atoms with E-state index in [9.17, 15) is 18.6 Å². The second-order valence-electron chi connectivity index (χ2n) is 7.94. The van der Waals surface area contributed by atoms with Gasteiger partial charge in [-0.15, -0.1) is 0 Å². The van der Waals surface area contributed by atoms with Gasteiger partial charge in [-0.3, -0.25) is 13.8 Å². The van der Waals surface area contributed by atoms with Gasteiger partial charge in [0.25, 0.3) is 5.56 Å². The van der Waals surface area contributed by atoms with Gasteiger partial charge < -0.3 is 4.74 Å². The summed E-state index contributed by atoms with van der Waals surface area (Å²) in [6.07, 6.45) is 0.877. The third-order valence-electron chi connectivity index (χ3n) is 4.43. The molecule has 1 aromatic heterocycles. The van der Waals surface area contributed by atoms with Gasteiger partial charge in [0.15, 0.2) is 6.29 Å². The van der Waals surface area contributed by atoms with Crippen LogP contribution in [0.2, 0.25) is 5.02 Å². The number of ether oxygens (including phenoxy) is 1. The van der Waals surface area contributed by atoms with E-state index in [-0.39, 0.29) is 27.4 Å².